The average molecular weight is 463 g/mol. The van der Waals surface area contributed by atoms with Crippen LogP contribution in [0, 0.1) is 13.8 Å². The number of nitrogens with zero attached hydrogens (tertiary/aromatic N) is 1. The molecule has 0 bridgehead atoms. The Kier molecular flexibility index (Phi) is 8.99. The zero-order chi connectivity index (χ0) is 21.2. The van der Waals surface area contributed by atoms with Crippen LogP contribution in [-0.2, 0) is 4.79 Å². The maximum Gasteiger partial charge on any atom is 0.277 e. The van der Waals surface area contributed by atoms with E-state index in [1.807, 2.05) is 44.2 Å². The highest BCUT2D eigenvalue weighted by molar-refractivity contribution is 9.10. The van der Waals surface area contributed by atoms with Gasteiger partial charge in [0, 0.05) is 4.47 Å². The van der Waals surface area contributed by atoms with E-state index >= 15 is 0 Å². The van der Waals surface area contributed by atoms with Gasteiger partial charge in [0.05, 0.1) is 19.9 Å². The second-order valence-electron chi connectivity index (χ2n) is 6.56. The molecule has 0 saturated carbocycles. The fourth-order valence-corrected chi connectivity index (χ4v) is 3.37. The molecule has 0 heterocycles. The summed E-state index contributed by atoms with van der Waals surface area (Å²) in [6.45, 7) is 6.51. The Hall–Kier alpha value is -2.54. The topological polar surface area (TPSA) is 69.2 Å². The first-order chi connectivity index (χ1) is 13.9. The molecule has 156 valence electrons. The molecule has 2 rings (SSSR count). The maximum atomic E-state index is 12.0. The fourth-order valence-electron chi connectivity index (χ4n) is 2.68. The summed E-state index contributed by atoms with van der Waals surface area (Å²) in [5.74, 6) is 1.68. The normalized spacial score (nSPS) is 10.8. The molecule has 29 heavy (non-hydrogen) atoms. The summed E-state index contributed by atoms with van der Waals surface area (Å²) in [6.07, 6.45) is 3.60. The zero-order valence-electron chi connectivity index (χ0n) is 17.3. The van der Waals surface area contributed by atoms with Gasteiger partial charge in [-0.25, -0.2) is 5.43 Å². The monoisotopic (exact) mass is 462 g/mol. The van der Waals surface area contributed by atoms with Crippen molar-refractivity contribution < 1.29 is 19.0 Å². The van der Waals surface area contributed by atoms with Crippen LogP contribution in [0.15, 0.2) is 39.9 Å². The van der Waals surface area contributed by atoms with Gasteiger partial charge in [-0.05, 0) is 67.3 Å². The summed E-state index contributed by atoms with van der Waals surface area (Å²) in [4.78, 5) is 12.0. The molecular formula is C22H27BrN2O4. The molecule has 7 heteroatoms. The lowest BCUT2D eigenvalue weighted by molar-refractivity contribution is -0.123. The lowest BCUT2D eigenvalue weighted by atomic mass is 10.1. The molecule has 0 aliphatic rings. The third-order valence-corrected chi connectivity index (χ3v) is 4.58. The smallest absolute Gasteiger partial charge is 0.277 e. The lowest BCUT2D eigenvalue weighted by Crippen LogP contribution is -2.25. The van der Waals surface area contributed by atoms with Gasteiger partial charge in [-0.3, -0.25) is 4.79 Å². The molecule has 0 saturated heterocycles. The van der Waals surface area contributed by atoms with Crippen LogP contribution in [0.1, 0.15) is 36.5 Å². The highest BCUT2D eigenvalue weighted by Gasteiger charge is 2.09. The lowest BCUT2D eigenvalue weighted by Gasteiger charge is -2.12. The van der Waals surface area contributed by atoms with Crippen molar-refractivity contribution in [2.24, 2.45) is 5.10 Å². The average Bonchev–Trinajstić information content (AvgIpc) is 2.68. The second kappa shape index (κ2) is 11.5. The van der Waals surface area contributed by atoms with Gasteiger partial charge in [0.15, 0.2) is 18.1 Å². The van der Waals surface area contributed by atoms with Crippen LogP contribution in [0.4, 0.5) is 0 Å². The third kappa shape index (κ3) is 7.09. The molecule has 2 aromatic carbocycles. The number of hydrazone groups is 1. The van der Waals surface area contributed by atoms with Crippen LogP contribution in [0.5, 0.6) is 17.2 Å². The number of methoxy groups -OCH3 is 1. The van der Waals surface area contributed by atoms with Gasteiger partial charge >= 0.3 is 0 Å². The standard InChI is InChI=1S/C22H27BrN2O4/c1-5-6-9-28-19-8-7-17(12-20(19)27-4)13-24-25-21(26)14-29-22-15(2)10-18(23)11-16(22)3/h7-8,10-13H,5-6,9,14H2,1-4H3,(H,25,26)/b24-13+. The SMILES string of the molecule is CCCCOc1ccc(/C=N/NC(=O)COc2c(C)cc(Br)cc2C)cc1OC. The molecular weight excluding hydrogens is 436 g/mol. The Labute approximate surface area is 180 Å². The highest BCUT2D eigenvalue weighted by Crippen LogP contribution is 2.28. The number of hydrogen-bond donors (Lipinski definition) is 1. The molecule has 0 atom stereocenters. The molecule has 0 spiro atoms. The fraction of sp³-hybridized carbons (Fsp3) is 0.364. The van der Waals surface area contributed by atoms with Gasteiger partial charge in [0.2, 0.25) is 0 Å². The van der Waals surface area contributed by atoms with Crippen LogP contribution >= 0.6 is 15.9 Å². The molecule has 6 nitrogen and oxygen atoms in total. The summed E-state index contributed by atoms with van der Waals surface area (Å²) in [7, 11) is 1.59. The minimum atomic E-state index is -0.338. The van der Waals surface area contributed by atoms with Crippen molar-refractivity contribution in [3.63, 3.8) is 0 Å². The Morgan fingerprint density at radius 1 is 1.14 bits per heavy atom. The molecule has 0 unspecified atom stereocenters. The van der Waals surface area contributed by atoms with Gasteiger partial charge in [-0.1, -0.05) is 29.3 Å². The maximum absolute atomic E-state index is 12.0. The third-order valence-electron chi connectivity index (χ3n) is 4.12. The number of halogens is 1. The van der Waals surface area contributed by atoms with Crippen molar-refractivity contribution in [3.8, 4) is 17.2 Å². The van der Waals surface area contributed by atoms with Crippen molar-refractivity contribution in [1.29, 1.82) is 0 Å². The second-order valence-corrected chi connectivity index (χ2v) is 7.48. The summed E-state index contributed by atoms with van der Waals surface area (Å²) in [5.41, 5.74) is 5.17. The first-order valence-corrected chi connectivity index (χ1v) is 10.3. The molecule has 0 aromatic heterocycles. The number of ether oxygens (including phenoxy) is 3. The van der Waals surface area contributed by atoms with E-state index in [9.17, 15) is 4.79 Å². The van der Waals surface area contributed by atoms with Crippen molar-refractivity contribution >= 4 is 28.1 Å². The van der Waals surface area contributed by atoms with E-state index < -0.39 is 0 Å². The minimum Gasteiger partial charge on any atom is -0.493 e. The van der Waals surface area contributed by atoms with Crippen molar-refractivity contribution in [2.75, 3.05) is 20.3 Å². The predicted octanol–water partition coefficient (Wildman–Crippen LogP) is 4.78. The van der Waals surface area contributed by atoms with Crippen LogP contribution in [-0.4, -0.2) is 32.4 Å². The number of nitrogens with one attached hydrogen (secondary N) is 1. The summed E-state index contributed by atoms with van der Waals surface area (Å²) in [6, 6.07) is 9.38. The van der Waals surface area contributed by atoms with E-state index in [0.29, 0.717) is 23.9 Å². The molecule has 0 radical (unpaired) electrons. The largest absolute Gasteiger partial charge is 0.493 e. The summed E-state index contributed by atoms with van der Waals surface area (Å²) >= 11 is 3.44. The zero-order valence-corrected chi connectivity index (χ0v) is 18.8. The number of carbonyl (C=O) groups is 1. The highest BCUT2D eigenvalue weighted by atomic mass is 79.9. The van der Waals surface area contributed by atoms with Crippen molar-refractivity contribution in [3.05, 3.63) is 51.5 Å². The molecule has 1 amide bonds. The number of unbranched alkanes of at least 4 members (excludes halogenated alkanes) is 1. The molecule has 2 aromatic rings. The summed E-state index contributed by atoms with van der Waals surface area (Å²) in [5, 5.41) is 3.98. The number of rotatable bonds is 10. The van der Waals surface area contributed by atoms with Crippen molar-refractivity contribution in [1.82, 2.24) is 5.43 Å². The number of hydrogen-bond acceptors (Lipinski definition) is 5. The van der Waals surface area contributed by atoms with Gasteiger partial charge in [0.25, 0.3) is 5.91 Å². The Bertz CT molecular complexity index is 845. The molecule has 0 aliphatic carbocycles. The van der Waals surface area contributed by atoms with Crippen LogP contribution in [0.2, 0.25) is 0 Å². The first kappa shape index (κ1) is 22.7. The Balaban J connectivity index is 1.89. The van der Waals surface area contributed by atoms with Crippen LogP contribution < -0.4 is 19.6 Å². The van der Waals surface area contributed by atoms with E-state index in [-0.39, 0.29) is 12.5 Å². The number of benzene rings is 2. The quantitative estimate of drug-likeness (QED) is 0.313. The molecule has 1 N–H and O–H groups in total. The van der Waals surface area contributed by atoms with Crippen LogP contribution in [0.25, 0.3) is 0 Å². The predicted molar refractivity (Wildman–Crippen MR) is 118 cm³/mol. The molecule has 0 fully saturated rings. The molecule has 0 aliphatic heterocycles. The van der Waals surface area contributed by atoms with E-state index in [1.165, 1.54) is 0 Å². The number of amides is 1. The van der Waals surface area contributed by atoms with Crippen molar-refractivity contribution in [2.45, 2.75) is 33.6 Å². The Morgan fingerprint density at radius 2 is 1.86 bits per heavy atom. The van der Waals surface area contributed by atoms with E-state index in [1.54, 1.807) is 13.3 Å². The van der Waals surface area contributed by atoms with Gasteiger partial charge in [-0.15, -0.1) is 0 Å². The Morgan fingerprint density at radius 3 is 2.52 bits per heavy atom. The van der Waals surface area contributed by atoms with Gasteiger partial charge in [-0.2, -0.15) is 5.10 Å². The summed E-state index contributed by atoms with van der Waals surface area (Å²) < 4.78 is 17.7. The first-order valence-electron chi connectivity index (χ1n) is 9.46. The van der Waals surface area contributed by atoms with Crippen LogP contribution in [0.3, 0.4) is 0 Å². The van der Waals surface area contributed by atoms with Gasteiger partial charge < -0.3 is 14.2 Å². The van der Waals surface area contributed by atoms with E-state index in [2.05, 4.69) is 33.4 Å². The van der Waals surface area contributed by atoms with Gasteiger partial charge in [0.1, 0.15) is 5.75 Å². The van der Waals surface area contributed by atoms with E-state index in [4.69, 9.17) is 14.2 Å². The number of aryl methyl sites for hydroxylation is 2. The minimum absolute atomic E-state index is 0.117. The van der Waals surface area contributed by atoms with E-state index in [0.717, 1.165) is 34.0 Å². The number of carbonyl (C=O) groups excluding carboxylic acids is 1.